The molecule has 0 radical (unpaired) electrons. The van der Waals surface area contributed by atoms with Crippen LogP contribution in [0.1, 0.15) is 125 Å². The second-order valence-electron chi connectivity index (χ2n) is 24.0. The Morgan fingerprint density at radius 1 is 0.806 bits per heavy atom. The van der Waals surface area contributed by atoms with Gasteiger partial charge < -0.3 is 90.2 Å². The molecule has 3 saturated heterocycles. The molecule has 25 atom stereocenters. The lowest BCUT2D eigenvalue weighted by Gasteiger charge is -2.71. The number of aliphatic hydroxyl groups excluding tert-OH is 9. The molecule has 20 heteroatoms. The summed E-state index contributed by atoms with van der Waals surface area (Å²) >= 11 is 0. The summed E-state index contributed by atoms with van der Waals surface area (Å²) in [7, 11) is 0. The Hall–Kier alpha value is -2.25. The van der Waals surface area contributed by atoms with Gasteiger partial charge in [-0.15, -0.1) is 0 Å². The molecular formula is C52H84N2O18. The average molecular weight is 1030 g/mol. The molecule has 4 saturated carbocycles. The Kier molecular flexibility index (Phi) is 16.5. The highest BCUT2D eigenvalue weighted by Crippen LogP contribution is 2.75. The molecule has 0 aromatic rings. The highest BCUT2D eigenvalue weighted by atomic mass is 16.8. The van der Waals surface area contributed by atoms with Gasteiger partial charge in [0.05, 0.1) is 43.0 Å². The number of ether oxygens (including phenoxy) is 6. The fourth-order valence-corrected chi connectivity index (χ4v) is 15.5. The van der Waals surface area contributed by atoms with E-state index in [-0.39, 0.29) is 54.5 Å². The van der Waals surface area contributed by atoms with Crippen LogP contribution in [0.25, 0.3) is 0 Å². The van der Waals surface area contributed by atoms with Crippen molar-refractivity contribution >= 4 is 18.2 Å². The first-order chi connectivity index (χ1) is 34.0. The number of allylic oxidation sites excluding steroid dienone is 2. The van der Waals surface area contributed by atoms with Crippen molar-refractivity contribution < 1.29 is 88.8 Å². The highest BCUT2D eigenvalue weighted by Gasteiger charge is 2.72. The zero-order valence-corrected chi connectivity index (χ0v) is 42.8. The van der Waals surface area contributed by atoms with E-state index in [1.807, 2.05) is 6.92 Å². The fourth-order valence-electron chi connectivity index (χ4n) is 15.5. The number of hydrogen-bond acceptors (Lipinski definition) is 19. The number of carbonyl (C=O) groups is 3. The quantitative estimate of drug-likeness (QED) is 0.0480. The van der Waals surface area contributed by atoms with Gasteiger partial charge in [-0.05, 0) is 124 Å². The summed E-state index contributed by atoms with van der Waals surface area (Å²) in [5.41, 5.74) is 3.16. The first-order valence-corrected chi connectivity index (χ1v) is 26.6. The van der Waals surface area contributed by atoms with Gasteiger partial charge in [0.1, 0.15) is 60.5 Å². The third kappa shape index (κ3) is 9.24. The van der Waals surface area contributed by atoms with Crippen LogP contribution in [0.2, 0.25) is 0 Å². The summed E-state index contributed by atoms with van der Waals surface area (Å²) in [4.78, 5) is 41.5. The van der Waals surface area contributed by atoms with Gasteiger partial charge in [0, 0.05) is 6.42 Å². The monoisotopic (exact) mass is 1020 g/mol. The second kappa shape index (κ2) is 21.3. The van der Waals surface area contributed by atoms with Crippen LogP contribution >= 0.6 is 0 Å². The molecule has 3 aliphatic heterocycles. The van der Waals surface area contributed by atoms with E-state index in [0.717, 1.165) is 31.1 Å². The molecule has 20 nitrogen and oxygen atoms in total. The minimum absolute atomic E-state index is 0.0319. The molecule has 1 amide bonds. The lowest BCUT2D eigenvalue weighted by atomic mass is 9.33. The summed E-state index contributed by atoms with van der Waals surface area (Å²) in [6, 6.07) is -1.33. The molecule has 7 fully saturated rings. The van der Waals surface area contributed by atoms with Crippen molar-refractivity contribution in [2.75, 3.05) is 19.8 Å². The van der Waals surface area contributed by atoms with Crippen LogP contribution in [0, 0.1) is 50.7 Å². The molecule has 0 spiro atoms. The number of amides is 1. The molecule has 3 heterocycles. The number of nitrogens with one attached hydrogen (secondary N) is 1. The number of hydrogen-bond donors (Lipinski definition) is 11. The standard InChI is InChI=1S/C52H84N2O18/c1-25-13-18-52(28(20-25)27-11-12-32-48(3)16-15-33(58)49(4,24-56)31(48)14-17-50(32,5)51(27,6)21-34(52)59)47(66)72-46-43(38(62)36(30(22-55)69-46)54-35(60)10-8-7-9-19-53)71-45-41(65)39(63)42(26(2)68-45)70-44-40(64)37(61)29(57)23-67-44/h11,24-26,28-34,36-46,55,57-59,61-65H,7-10,12-23,53H2,1-6H3,(H,54,60)/t25-,26?,28?,29-,30?,31-,32?,33+,34?,36+,37?,38?,39?,40?,41?,42+,43?,44+,45+,46+,48?,49-,50+,51-,52-/m1/s1. The van der Waals surface area contributed by atoms with Crippen molar-refractivity contribution in [3.63, 3.8) is 0 Å². The number of rotatable bonds is 14. The molecule has 12 N–H and O–H groups in total. The van der Waals surface area contributed by atoms with E-state index in [0.29, 0.717) is 51.5 Å². The molecule has 0 aromatic carbocycles. The van der Waals surface area contributed by atoms with Crippen LogP contribution in [0.3, 0.4) is 0 Å². The Morgan fingerprint density at radius 3 is 2.21 bits per heavy atom. The molecular weight excluding hydrogens is 941 g/mol. The Labute approximate surface area is 422 Å². The first kappa shape index (κ1) is 56.0. The summed E-state index contributed by atoms with van der Waals surface area (Å²) in [5, 5.41) is 103. The van der Waals surface area contributed by atoms with Crippen molar-refractivity contribution in [1.29, 1.82) is 0 Å². The van der Waals surface area contributed by atoms with Crippen LogP contribution in [0.15, 0.2) is 11.6 Å². The van der Waals surface area contributed by atoms with Gasteiger partial charge in [-0.2, -0.15) is 0 Å². The van der Waals surface area contributed by atoms with Gasteiger partial charge in [-0.3, -0.25) is 9.59 Å². The van der Waals surface area contributed by atoms with E-state index in [4.69, 9.17) is 34.2 Å². The van der Waals surface area contributed by atoms with Crippen LogP contribution < -0.4 is 11.1 Å². The van der Waals surface area contributed by atoms with Crippen LogP contribution in [-0.2, 0) is 42.8 Å². The Bertz CT molecular complexity index is 1980. The van der Waals surface area contributed by atoms with E-state index in [1.165, 1.54) is 6.92 Å². The molecule has 5 aliphatic carbocycles. The number of carbonyl (C=O) groups excluding carboxylic acids is 3. The maximum absolute atomic E-state index is 15.5. The number of unbranched alkanes of at least 4 members (excludes halogenated alkanes) is 2. The van der Waals surface area contributed by atoms with Gasteiger partial charge in [0.25, 0.3) is 0 Å². The van der Waals surface area contributed by atoms with Gasteiger partial charge in [-0.25, -0.2) is 0 Å². The zero-order valence-electron chi connectivity index (χ0n) is 42.8. The number of nitrogens with two attached hydrogens (primary N) is 1. The summed E-state index contributed by atoms with van der Waals surface area (Å²) in [6.45, 7) is 11.6. The largest absolute Gasteiger partial charge is 0.432 e. The summed E-state index contributed by atoms with van der Waals surface area (Å²) < 4.78 is 36.1. The molecule has 0 aromatic heterocycles. The van der Waals surface area contributed by atoms with E-state index in [1.54, 1.807) is 0 Å². The lowest BCUT2D eigenvalue weighted by molar-refractivity contribution is -0.370. The lowest BCUT2D eigenvalue weighted by Crippen LogP contribution is -2.69. The summed E-state index contributed by atoms with van der Waals surface area (Å²) in [5.74, 6) is -1.49. The molecule has 410 valence electrons. The van der Waals surface area contributed by atoms with Crippen LogP contribution in [0.4, 0.5) is 0 Å². The van der Waals surface area contributed by atoms with Gasteiger partial charge in [-0.1, -0.05) is 52.7 Å². The molecule has 8 rings (SSSR count). The maximum atomic E-state index is 15.5. The second-order valence-corrected chi connectivity index (χ2v) is 24.0. The van der Waals surface area contributed by atoms with Crippen molar-refractivity contribution in [3.8, 4) is 0 Å². The van der Waals surface area contributed by atoms with Gasteiger partial charge in [0.15, 0.2) is 18.7 Å². The molecule has 72 heavy (non-hydrogen) atoms. The third-order valence-corrected chi connectivity index (χ3v) is 20.1. The molecule has 0 bridgehead atoms. The molecule has 8 aliphatic rings. The predicted molar refractivity (Wildman–Crippen MR) is 253 cm³/mol. The number of esters is 1. The van der Waals surface area contributed by atoms with Crippen LogP contribution in [-0.4, -0.2) is 182 Å². The Morgan fingerprint density at radius 2 is 1.51 bits per heavy atom. The van der Waals surface area contributed by atoms with Crippen molar-refractivity contribution in [1.82, 2.24) is 5.32 Å². The Balaban J connectivity index is 1.08. The highest BCUT2D eigenvalue weighted by molar-refractivity contribution is 5.80. The van der Waals surface area contributed by atoms with Crippen molar-refractivity contribution in [3.05, 3.63) is 11.6 Å². The average Bonchev–Trinajstić information content (AvgIpc) is 3.34. The third-order valence-electron chi connectivity index (χ3n) is 20.1. The number of aldehydes is 1. The molecule has 12 unspecified atom stereocenters. The fraction of sp³-hybridized carbons (Fsp3) is 0.904. The summed E-state index contributed by atoms with van der Waals surface area (Å²) in [6.07, 6.45) is -12.6. The van der Waals surface area contributed by atoms with Crippen molar-refractivity contribution in [2.24, 2.45) is 56.5 Å². The maximum Gasteiger partial charge on any atom is 0.317 e. The SMILES string of the molecule is CC1O[C@@H](OC2C(O)[C@@H](NC(=O)CCCCCN)C(CO)O[C@H]2OC(=O)[C@]23CC[C@@H](C)CC2C2=CCC4C5(C)CC[C@H](O)[C@](C)(C=O)[C@@H]5CC[C@]4(C)[C@]2(C)CC3O)C(O)C(O)[C@H]1O[C@@H]1OC[C@@H](O)C(O)C1O. The minimum Gasteiger partial charge on any atom is -0.432 e. The number of aliphatic hydroxyl groups is 9. The van der Waals surface area contributed by atoms with Crippen LogP contribution in [0.5, 0.6) is 0 Å². The van der Waals surface area contributed by atoms with Gasteiger partial charge >= 0.3 is 5.97 Å². The predicted octanol–water partition coefficient (Wildman–Crippen LogP) is 0.210. The van der Waals surface area contributed by atoms with Gasteiger partial charge in [0.2, 0.25) is 12.2 Å². The van der Waals surface area contributed by atoms with Crippen molar-refractivity contribution in [2.45, 2.75) is 223 Å². The number of fused-ring (bicyclic) bond motifs is 7. The first-order valence-electron chi connectivity index (χ1n) is 26.6. The normalized spacial score (nSPS) is 51.3. The van der Waals surface area contributed by atoms with E-state index in [9.17, 15) is 55.5 Å². The smallest absolute Gasteiger partial charge is 0.317 e. The zero-order chi connectivity index (χ0) is 52.5. The topological polar surface area (TPSA) is 327 Å². The minimum atomic E-state index is -1.93. The van der Waals surface area contributed by atoms with E-state index >= 15 is 4.79 Å². The van der Waals surface area contributed by atoms with E-state index < -0.39 is 139 Å². The van der Waals surface area contributed by atoms with E-state index in [2.05, 4.69) is 39.1 Å².